The molecule has 6 heteroatoms. The van der Waals surface area contributed by atoms with Crippen LogP contribution in [0.5, 0.6) is 5.75 Å². The maximum atomic E-state index is 13.1. The molecule has 4 atom stereocenters. The smallest absolute Gasteiger partial charge is 0.222 e. The van der Waals surface area contributed by atoms with Crippen LogP contribution in [-0.2, 0) is 16.0 Å². The first-order valence-electron chi connectivity index (χ1n) is 11.2. The average Bonchev–Trinajstić information content (AvgIpc) is 3.25. The number of carbonyl (C=O) groups excluding carboxylic acids is 1. The Morgan fingerprint density at radius 1 is 1.33 bits per heavy atom. The lowest BCUT2D eigenvalue weighted by Gasteiger charge is -2.54. The molecule has 0 spiro atoms. The van der Waals surface area contributed by atoms with Crippen LogP contribution in [0.4, 0.5) is 0 Å². The Hall–Kier alpha value is -2.34. The minimum Gasteiger partial charge on any atom is -0.487 e. The number of carbonyl (C=O) groups is 1. The Morgan fingerprint density at radius 3 is 3.03 bits per heavy atom. The molecule has 2 fully saturated rings. The number of amides is 1. The molecule has 0 unspecified atom stereocenters. The standard InChI is InChI=1S/C24H31N3O3/c1-24(2)18-13-19-21(29-23(18)17-8-3-4-9-20(17)30-24)10-6-12-27(19)22(28)11-5-7-16-14-25-26-15-16/h3-4,8-9,14-15,18-19,21,23H,5-7,10-13H2,1-2H3,(H,25,26)/t18-,19-,21-,23+/m0/s1. The summed E-state index contributed by atoms with van der Waals surface area (Å²) in [6.45, 7) is 5.15. The number of benzene rings is 1. The number of aryl methyl sites for hydroxylation is 1. The fraction of sp³-hybridized carbons (Fsp3) is 0.583. The van der Waals surface area contributed by atoms with Gasteiger partial charge in [-0.15, -0.1) is 0 Å². The van der Waals surface area contributed by atoms with Gasteiger partial charge in [0.2, 0.25) is 5.91 Å². The van der Waals surface area contributed by atoms with Crippen LogP contribution in [0.15, 0.2) is 36.7 Å². The molecule has 2 aromatic rings. The number of hydrogen-bond donors (Lipinski definition) is 1. The molecule has 3 aliphatic heterocycles. The van der Waals surface area contributed by atoms with Crippen LogP contribution in [0.25, 0.3) is 0 Å². The second kappa shape index (κ2) is 7.73. The number of nitrogens with one attached hydrogen (secondary N) is 1. The second-order valence-electron chi connectivity index (χ2n) is 9.44. The molecule has 0 aliphatic carbocycles. The van der Waals surface area contributed by atoms with Crippen LogP contribution in [0.1, 0.15) is 63.2 Å². The number of ether oxygens (including phenoxy) is 2. The third kappa shape index (κ3) is 3.51. The van der Waals surface area contributed by atoms with Gasteiger partial charge >= 0.3 is 0 Å². The lowest BCUT2D eigenvalue weighted by atomic mass is 9.72. The first kappa shape index (κ1) is 19.6. The van der Waals surface area contributed by atoms with E-state index < -0.39 is 0 Å². The Kier molecular flexibility index (Phi) is 5.05. The van der Waals surface area contributed by atoms with Crippen molar-refractivity contribution < 1.29 is 14.3 Å². The van der Waals surface area contributed by atoms with Gasteiger partial charge in [0.1, 0.15) is 11.4 Å². The summed E-state index contributed by atoms with van der Waals surface area (Å²) in [4.78, 5) is 15.2. The third-order valence-corrected chi connectivity index (χ3v) is 7.12. The molecule has 3 aliphatic rings. The van der Waals surface area contributed by atoms with Crippen LogP contribution >= 0.6 is 0 Å². The van der Waals surface area contributed by atoms with Gasteiger partial charge in [-0.05, 0) is 57.6 Å². The SMILES string of the molecule is CC1(C)Oc2ccccc2[C@H]2O[C@H]3CCCN(C(=O)CCCc4cn[nH]c4)[C@H]3C[C@@H]21. The zero-order valence-electron chi connectivity index (χ0n) is 17.8. The first-order chi connectivity index (χ1) is 14.5. The van der Waals surface area contributed by atoms with Crippen molar-refractivity contribution in [2.75, 3.05) is 6.54 Å². The monoisotopic (exact) mass is 409 g/mol. The van der Waals surface area contributed by atoms with Crippen LogP contribution in [-0.4, -0.2) is 45.3 Å². The predicted molar refractivity (Wildman–Crippen MR) is 113 cm³/mol. The average molecular weight is 410 g/mol. The summed E-state index contributed by atoms with van der Waals surface area (Å²) in [5.41, 5.74) is 1.99. The van der Waals surface area contributed by atoms with Crippen molar-refractivity contribution in [3.8, 4) is 5.75 Å². The molecular weight excluding hydrogens is 378 g/mol. The van der Waals surface area contributed by atoms with Crippen molar-refractivity contribution in [2.24, 2.45) is 5.92 Å². The number of nitrogens with zero attached hydrogens (tertiary/aromatic N) is 2. The first-order valence-corrected chi connectivity index (χ1v) is 11.2. The number of likely N-dealkylation sites (tertiary alicyclic amines) is 1. The lowest BCUT2D eigenvalue weighted by molar-refractivity contribution is -0.193. The summed E-state index contributed by atoms with van der Waals surface area (Å²) in [5, 5.41) is 6.82. The highest BCUT2D eigenvalue weighted by atomic mass is 16.5. The van der Waals surface area contributed by atoms with E-state index in [0.717, 1.165) is 55.5 Å². The summed E-state index contributed by atoms with van der Waals surface area (Å²) < 4.78 is 13.1. The molecule has 160 valence electrons. The third-order valence-electron chi connectivity index (χ3n) is 7.12. The minimum absolute atomic E-state index is 0.0438. The van der Waals surface area contributed by atoms with Gasteiger partial charge in [-0.25, -0.2) is 0 Å². The van der Waals surface area contributed by atoms with Crippen molar-refractivity contribution in [3.05, 3.63) is 47.8 Å². The van der Waals surface area contributed by atoms with Gasteiger partial charge in [-0.3, -0.25) is 9.89 Å². The van der Waals surface area contributed by atoms with Gasteiger partial charge in [0.05, 0.1) is 24.4 Å². The molecule has 5 rings (SSSR count). The molecule has 1 aromatic carbocycles. The summed E-state index contributed by atoms with van der Waals surface area (Å²) in [6.07, 6.45) is 9.16. The fourth-order valence-corrected chi connectivity index (χ4v) is 5.54. The molecule has 6 nitrogen and oxygen atoms in total. The summed E-state index contributed by atoms with van der Waals surface area (Å²) in [7, 11) is 0. The Balaban J connectivity index is 1.31. The van der Waals surface area contributed by atoms with Crippen molar-refractivity contribution in [3.63, 3.8) is 0 Å². The van der Waals surface area contributed by atoms with E-state index in [1.807, 2.05) is 24.5 Å². The summed E-state index contributed by atoms with van der Waals surface area (Å²) in [5.74, 6) is 1.42. The van der Waals surface area contributed by atoms with Gasteiger partial charge in [0.15, 0.2) is 0 Å². The maximum absolute atomic E-state index is 13.1. The second-order valence-corrected chi connectivity index (χ2v) is 9.44. The van der Waals surface area contributed by atoms with Gasteiger partial charge in [-0.1, -0.05) is 18.2 Å². The zero-order chi connectivity index (χ0) is 20.7. The minimum atomic E-state index is -0.322. The van der Waals surface area contributed by atoms with E-state index in [9.17, 15) is 4.79 Å². The van der Waals surface area contributed by atoms with E-state index in [2.05, 4.69) is 41.1 Å². The van der Waals surface area contributed by atoms with Gasteiger partial charge < -0.3 is 14.4 Å². The van der Waals surface area contributed by atoms with Crippen LogP contribution in [0, 0.1) is 5.92 Å². The van der Waals surface area contributed by atoms with Gasteiger partial charge in [-0.2, -0.15) is 5.10 Å². The van der Waals surface area contributed by atoms with E-state index >= 15 is 0 Å². The number of hydrogen-bond acceptors (Lipinski definition) is 4. The highest BCUT2D eigenvalue weighted by Crippen LogP contribution is 2.52. The molecule has 2 saturated heterocycles. The number of fused-ring (bicyclic) bond motifs is 4. The van der Waals surface area contributed by atoms with Crippen LogP contribution in [0.2, 0.25) is 0 Å². The number of piperidine rings is 1. The molecule has 1 N–H and O–H groups in total. The zero-order valence-corrected chi connectivity index (χ0v) is 17.8. The van der Waals surface area contributed by atoms with E-state index in [4.69, 9.17) is 9.47 Å². The number of rotatable bonds is 4. The highest BCUT2D eigenvalue weighted by molar-refractivity contribution is 5.76. The van der Waals surface area contributed by atoms with Crippen molar-refractivity contribution >= 4 is 5.91 Å². The summed E-state index contributed by atoms with van der Waals surface area (Å²) >= 11 is 0. The maximum Gasteiger partial charge on any atom is 0.222 e. The van der Waals surface area contributed by atoms with E-state index in [1.165, 1.54) is 0 Å². The van der Waals surface area contributed by atoms with Crippen molar-refractivity contribution in [1.29, 1.82) is 0 Å². The van der Waals surface area contributed by atoms with E-state index in [-0.39, 0.29) is 35.7 Å². The predicted octanol–water partition coefficient (Wildman–Crippen LogP) is 4.04. The van der Waals surface area contributed by atoms with E-state index in [1.54, 1.807) is 0 Å². The number of para-hydroxylation sites is 1. The van der Waals surface area contributed by atoms with Crippen LogP contribution in [0.3, 0.4) is 0 Å². The van der Waals surface area contributed by atoms with E-state index in [0.29, 0.717) is 6.42 Å². The molecule has 1 amide bonds. The fourth-order valence-electron chi connectivity index (χ4n) is 5.54. The highest BCUT2D eigenvalue weighted by Gasteiger charge is 2.52. The number of aromatic amines is 1. The number of aromatic nitrogens is 2. The molecule has 0 saturated carbocycles. The van der Waals surface area contributed by atoms with Gasteiger partial charge in [0, 0.05) is 30.6 Å². The van der Waals surface area contributed by atoms with Crippen molar-refractivity contribution in [2.45, 2.75) is 76.2 Å². The Labute approximate surface area is 177 Å². The molecule has 0 bridgehead atoms. The molecule has 1 aromatic heterocycles. The lowest BCUT2D eigenvalue weighted by Crippen LogP contribution is -2.60. The number of H-pyrrole nitrogens is 1. The largest absolute Gasteiger partial charge is 0.487 e. The normalized spacial score (nSPS) is 29.3. The Morgan fingerprint density at radius 2 is 2.20 bits per heavy atom. The topological polar surface area (TPSA) is 67.5 Å². The quantitative estimate of drug-likeness (QED) is 0.828. The summed E-state index contributed by atoms with van der Waals surface area (Å²) in [6, 6.07) is 8.40. The molecule has 4 heterocycles. The molecule has 0 radical (unpaired) electrons. The van der Waals surface area contributed by atoms with Crippen LogP contribution < -0.4 is 4.74 Å². The van der Waals surface area contributed by atoms with Gasteiger partial charge in [0.25, 0.3) is 0 Å². The molecule has 30 heavy (non-hydrogen) atoms. The van der Waals surface area contributed by atoms with Crippen molar-refractivity contribution in [1.82, 2.24) is 15.1 Å². The molecular formula is C24H31N3O3. The Bertz CT molecular complexity index is 895.